The van der Waals surface area contributed by atoms with Gasteiger partial charge in [0.2, 0.25) is 0 Å². The molecule has 2 rings (SSSR count). The predicted molar refractivity (Wildman–Crippen MR) is 62.4 cm³/mol. The Kier molecular flexibility index (Phi) is 3.78. The number of carbonyl (C=O) groups excluding carboxylic acids is 1. The summed E-state index contributed by atoms with van der Waals surface area (Å²) >= 11 is 0. The number of carbonyl (C=O) groups is 1. The van der Waals surface area contributed by atoms with Crippen LogP contribution in [0.2, 0.25) is 0 Å². The van der Waals surface area contributed by atoms with Gasteiger partial charge in [0.15, 0.2) is 0 Å². The fourth-order valence-corrected chi connectivity index (χ4v) is 2.15. The number of aromatic nitrogens is 2. The van der Waals surface area contributed by atoms with Crippen LogP contribution in [0.5, 0.6) is 0 Å². The van der Waals surface area contributed by atoms with E-state index in [1.54, 1.807) is 20.2 Å². The molecule has 0 N–H and O–H groups in total. The van der Waals surface area contributed by atoms with E-state index in [2.05, 4.69) is 11.2 Å². The van der Waals surface area contributed by atoms with Crippen molar-refractivity contribution >= 4 is 5.91 Å². The van der Waals surface area contributed by atoms with Crippen LogP contribution >= 0.6 is 0 Å². The average molecular weight is 236 g/mol. The number of nitrogens with zero attached hydrogens (tertiary/aromatic N) is 3. The first kappa shape index (κ1) is 12.1. The van der Waals surface area contributed by atoms with Crippen molar-refractivity contribution in [3.8, 4) is 0 Å². The van der Waals surface area contributed by atoms with E-state index in [0.717, 1.165) is 25.9 Å². The maximum atomic E-state index is 11.9. The number of ether oxygens (including phenoxy) is 1. The van der Waals surface area contributed by atoms with Gasteiger partial charge in [0, 0.05) is 32.5 Å². The Morgan fingerprint density at radius 3 is 2.76 bits per heavy atom. The van der Waals surface area contributed by atoms with Crippen molar-refractivity contribution in [2.24, 2.45) is 0 Å². The SMILES string of the molecule is CO[C@H](C)C(=O)N1CCC(n2c[c]cn2)CC1. The second kappa shape index (κ2) is 5.31. The molecule has 5 nitrogen and oxygen atoms in total. The minimum absolute atomic E-state index is 0.0815. The van der Waals surface area contributed by atoms with Crippen LogP contribution in [-0.4, -0.2) is 46.9 Å². The van der Waals surface area contributed by atoms with Gasteiger partial charge in [-0.05, 0) is 19.8 Å². The zero-order valence-electron chi connectivity index (χ0n) is 10.3. The molecule has 1 fully saturated rings. The molecule has 0 bridgehead atoms. The number of hydrogen-bond acceptors (Lipinski definition) is 3. The highest BCUT2D eigenvalue weighted by atomic mass is 16.5. The molecule has 0 unspecified atom stereocenters. The van der Waals surface area contributed by atoms with Crippen LogP contribution in [0.15, 0.2) is 12.4 Å². The lowest BCUT2D eigenvalue weighted by Crippen LogP contribution is -2.43. The molecule has 0 aliphatic carbocycles. The zero-order valence-corrected chi connectivity index (χ0v) is 10.3. The topological polar surface area (TPSA) is 47.4 Å². The first-order valence-electron chi connectivity index (χ1n) is 5.94. The number of methoxy groups -OCH3 is 1. The second-order valence-corrected chi connectivity index (χ2v) is 4.35. The molecule has 0 aromatic carbocycles. The van der Waals surface area contributed by atoms with Crippen molar-refractivity contribution < 1.29 is 9.53 Å². The van der Waals surface area contributed by atoms with Gasteiger partial charge in [-0.1, -0.05) is 0 Å². The van der Waals surface area contributed by atoms with E-state index in [9.17, 15) is 4.79 Å². The van der Waals surface area contributed by atoms with Crippen LogP contribution < -0.4 is 0 Å². The summed E-state index contributed by atoms with van der Waals surface area (Å²) in [6.07, 6.45) is 5.07. The fourth-order valence-electron chi connectivity index (χ4n) is 2.15. The third kappa shape index (κ3) is 2.66. The number of amides is 1. The van der Waals surface area contributed by atoms with Crippen LogP contribution in [0.25, 0.3) is 0 Å². The predicted octanol–water partition coefficient (Wildman–Crippen LogP) is 0.882. The Labute approximate surface area is 101 Å². The monoisotopic (exact) mass is 236 g/mol. The first-order valence-corrected chi connectivity index (χ1v) is 5.94. The maximum Gasteiger partial charge on any atom is 0.251 e. The lowest BCUT2D eigenvalue weighted by atomic mass is 10.0. The van der Waals surface area contributed by atoms with Gasteiger partial charge in [0.05, 0.1) is 12.2 Å². The summed E-state index contributed by atoms with van der Waals surface area (Å²) in [5.74, 6) is 0.0815. The van der Waals surface area contributed by atoms with E-state index in [1.165, 1.54) is 0 Å². The van der Waals surface area contributed by atoms with Crippen molar-refractivity contribution in [2.45, 2.75) is 31.9 Å². The molecule has 1 aromatic rings. The van der Waals surface area contributed by atoms with Crippen LogP contribution in [0.4, 0.5) is 0 Å². The van der Waals surface area contributed by atoms with Crippen LogP contribution in [0.1, 0.15) is 25.8 Å². The highest BCUT2D eigenvalue weighted by Gasteiger charge is 2.26. The lowest BCUT2D eigenvalue weighted by Gasteiger charge is -2.33. The molecule has 5 heteroatoms. The molecule has 1 aliphatic rings. The number of hydrogen-bond donors (Lipinski definition) is 0. The van der Waals surface area contributed by atoms with E-state index in [4.69, 9.17) is 4.74 Å². The summed E-state index contributed by atoms with van der Waals surface area (Å²) in [5, 5.41) is 4.19. The summed E-state index contributed by atoms with van der Waals surface area (Å²) < 4.78 is 6.98. The molecule has 0 spiro atoms. The highest BCUT2D eigenvalue weighted by molar-refractivity contribution is 5.80. The summed E-state index contributed by atoms with van der Waals surface area (Å²) in [5.41, 5.74) is 0. The summed E-state index contributed by atoms with van der Waals surface area (Å²) in [6.45, 7) is 3.34. The minimum atomic E-state index is -0.343. The zero-order chi connectivity index (χ0) is 12.3. The van der Waals surface area contributed by atoms with Crippen LogP contribution in [0, 0.1) is 6.07 Å². The van der Waals surface area contributed by atoms with Crippen molar-refractivity contribution in [3.63, 3.8) is 0 Å². The third-order valence-corrected chi connectivity index (χ3v) is 3.32. The molecule has 1 atom stereocenters. The molecule has 2 heterocycles. The quantitative estimate of drug-likeness (QED) is 0.782. The Hall–Kier alpha value is -1.36. The van der Waals surface area contributed by atoms with E-state index < -0.39 is 0 Å². The summed E-state index contributed by atoms with van der Waals surface area (Å²) in [6, 6.07) is 3.33. The Morgan fingerprint density at radius 2 is 2.24 bits per heavy atom. The molecule has 17 heavy (non-hydrogen) atoms. The molecular weight excluding hydrogens is 218 g/mol. The number of likely N-dealkylation sites (tertiary alicyclic amines) is 1. The smallest absolute Gasteiger partial charge is 0.251 e. The maximum absolute atomic E-state index is 11.9. The normalized spacial score (nSPS) is 19.3. The van der Waals surface area contributed by atoms with Crippen molar-refractivity contribution in [2.75, 3.05) is 20.2 Å². The van der Waals surface area contributed by atoms with Gasteiger partial charge in [-0.3, -0.25) is 9.48 Å². The van der Waals surface area contributed by atoms with Crippen LogP contribution in [-0.2, 0) is 9.53 Å². The molecule has 1 saturated heterocycles. The third-order valence-electron chi connectivity index (χ3n) is 3.32. The van der Waals surface area contributed by atoms with Crippen molar-refractivity contribution in [1.29, 1.82) is 0 Å². The molecular formula is C12H18N3O2. The highest BCUT2D eigenvalue weighted by Crippen LogP contribution is 2.21. The van der Waals surface area contributed by atoms with Crippen molar-refractivity contribution in [1.82, 2.24) is 14.7 Å². The number of rotatable bonds is 3. The van der Waals surface area contributed by atoms with E-state index in [1.807, 2.05) is 15.8 Å². The Bertz CT molecular complexity index is 356. The van der Waals surface area contributed by atoms with Gasteiger partial charge in [-0.25, -0.2) is 0 Å². The van der Waals surface area contributed by atoms with E-state index >= 15 is 0 Å². The summed E-state index contributed by atoms with van der Waals surface area (Å²) in [4.78, 5) is 13.8. The van der Waals surface area contributed by atoms with Crippen LogP contribution in [0.3, 0.4) is 0 Å². The summed E-state index contributed by atoms with van der Waals surface area (Å²) in [7, 11) is 1.56. The van der Waals surface area contributed by atoms with Gasteiger partial charge < -0.3 is 9.64 Å². The average Bonchev–Trinajstić information content (AvgIpc) is 2.91. The molecule has 1 amide bonds. The van der Waals surface area contributed by atoms with Gasteiger partial charge in [0.1, 0.15) is 6.10 Å². The van der Waals surface area contributed by atoms with Gasteiger partial charge in [-0.15, -0.1) is 0 Å². The Morgan fingerprint density at radius 1 is 1.53 bits per heavy atom. The fraction of sp³-hybridized carbons (Fsp3) is 0.667. The lowest BCUT2D eigenvalue weighted by molar-refractivity contribution is -0.142. The van der Waals surface area contributed by atoms with Gasteiger partial charge in [0.25, 0.3) is 5.91 Å². The number of piperidine rings is 1. The van der Waals surface area contributed by atoms with Gasteiger partial charge >= 0.3 is 0 Å². The molecule has 1 radical (unpaired) electrons. The Balaban J connectivity index is 1.88. The van der Waals surface area contributed by atoms with Crippen molar-refractivity contribution in [3.05, 3.63) is 18.5 Å². The second-order valence-electron chi connectivity index (χ2n) is 4.35. The van der Waals surface area contributed by atoms with Gasteiger partial charge in [-0.2, -0.15) is 5.10 Å². The standard InChI is InChI=1S/C12H18N3O2/c1-10(17-2)12(16)14-8-4-11(5-9-14)15-7-3-6-13-15/h6-7,10-11H,4-5,8-9H2,1-2H3/t10-/m1/s1. The molecule has 93 valence electrons. The van der Waals surface area contributed by atoms with E-state index in [-0.39, 0.29) is 12.0 Å². The largest absolute Gasteiger partial charge is 0.372 e. The molecule has 1 aromatic heterocycles. The minimum Gasteiger partial charge on any atom is -0.372 e. The molecule has 0 saturated carbocycles. The van der Waals surface area contributed by atoms with E-state index in [0.29, 0.717) is 6.04 Å². The molecule has 1 aliphatic heterocycles. The first-order chi connectivity index (χ1) is 8.22.